The van der Waals surface area contributed by atoms with Crippen LogP contribution < -0.4 is 0 Å². The molecule has 0 aliphatic heterocycles. The summed E-state index contributed by atoms with van der Waals surface area (Å²) in [7, 11) is 1.07. The third-order valence-electron chi connectivity index (χ3n) is 2.59. The fraction of sp³-hybridized carbons (Fsp3) is 0.0769. The zero-order valence-corrected chi connectivity index (χ0v) is 11.7. The number of phenols is 1. The highest BCUT2D eigenvalue weighted by Gasteiger charge is 2.25. The molecule has 0 unspecified atom stereocenters. The maximum atomic E-state index is 13.9. The molecule has 2 aromatic rings. The van der Waals surface area contributed by atoms with Crippen molar-refractivity contribution in [2.24, 2.45) is 0 Å². The average Bonchev–Trinajstić information content (AvgIpc) is 2.91. The summed E-state index contributed by atoms with van der Waals surface area (Å²) in [6.45, 7) is 0. The number of ether oxygens (including phenoxy) is 1. The first-order valence-electron chi connectivity index (χ1n) is 5.34. The van der Waals surface area contributed by atoms with E-state index in [1.54, 1.807) is 0 Å². The number of benzene rings is 1. The van der Waals surface area contributed by atoms with Gasteiger partial charge in [0.25, 0.3) is 0 Å². The van der Waals surface area contributed by atoms with Crippen LogP contribution in [0.25, 0.3) is 11.3 Å². The van der Waals surface area contributed by atoms with Gasteiger partial charge in [-0.1, -0.05) is 0 Å². The minimum absolute atomic E-state index is 0.0412. The SMILES string of the molecule is COC(=O)c1c(O)c(-c2ccc(C=O)o2)cc(Br)c1F. The highest BCUT2D eigenvalue weighted by atomic mass is 79.9. The van der Waals surface area contributed by atoms with Crippen molar-refractivity contribution >= 4 is 28.2 Å². The molecule has 0 aliphatic carbocycles. The van der Waals surface area contributed by atoms with Crippen LogP contribution in [0, 0.1) is 5.82 Å². The molecule has 1 N–H and O–H groups in total. The fourth-order valence-electron chi connectivity index (χ4n) is 1.65. The zero-order valence-electron chi connectivity index (χ0n) is 10.1. The van der Waals surface area contributed by atoms with Gasteiger partial charge in [-0.2, -0.15) is 0 Å². The summed E-state index contributed by atoms with van der Waals surface area (Å²) in [5.74, 6) is -2.43. The van der Waals surface area contributed by atoms with Gasteiger partial charge in [-0.25, -0.2) is 9.18 Å². The molecule has 0 radical (unpaired) electrons. The first-order valence-corrected chi connectivity index (χ1v) is 6.13. The van der Waals surface area contributed by atoms with E-state index in [2.05, 4.69) is 20.7 Å². The van der Waals surface area contributed by atoms with Crippen LogP contribution in [0.3, 0.4) is 0 Å². The van der Waals surface area contributed by atoms with Gasteiger partial charge in [0.05, 0.1) is 17.1 Å². The smallest absolute Gasteiger partial charge is 0.344 e. The molecule has 20 heavy (non-hydrogen) atoms. The van der Waals surface area contributed by atoms with E-state index in [9.17, 15) is 19.1 Å². The molecule has 5 nitrogen and oxygen atoms in total. The Morgan fingerprint density at radius 2 is 2.20 bits per heavy atom. The van der Waals surface area contributed by atoms with Crippen LogP contribution in [0.4, 0.5) is 4.39 Å². The first-order chi connectivity index (χ1) is 9.49. The van der Waals surface area contributed by atoms with Gasteiger partial charge >= 0.3 is 5.97 Å². The van der Waals surface area contributed by atoms with Gasteiger partial charge in [0.2, 0.25) is 0 Å². The molecule has 1 aromatic carbocycles. The summed E-state index contributed by atoms with van der Waals surface area (Å²) in [5.41, 5.74) is -0.548. The number of carbonyl (C=O) groups is 2. The molecule has 0 aliphatic rings. The average molecular weight is 343 g/mol. The number of hydrogen-bond donors (Lipinski definition) is 1. The monoisotopic (exact) mass is 342 g/mol. The molecular weight excluding hydrogens is 335 g/mol. The van der Waals surface area contributed by atoms with Crippen LogP contribution in [0.2, 0.25) is 0 Å². The Labute approximate surface area is 121 Å². The third kappa shape index (κ3) is 2.32. The second kappa shape index (κ2) is 5.46. The molecule has 0 saturated carbocycles. The van der Waals surface area contributed by atoms with E-state index in [1.165, 1.54) is 18.2 Å². The minimum Gasteiger partial charge on any atom is -0.506 e. The molecule has 0 amide bonds. The van der Waals surface area contributed by atoms with Crippen LogP contribution in [-0.2, 0) is 4.74 Å². The minimum atomic E-state index is -1.02. The Morgan fingerprint density at radius 3 is 2.75 bits per heavy atom. The lowest BCUT2D eigenvalue weighted by atomic mass is 10.1. The maximum Gasteiger partial charge on any atom is 0.344 e. The van der Waals surface area contributed by atoms with Crippen LogP contribution in [0.15, 0.2) is 27.1 Å². The summed E-state index contributed by atoms with van der Waals surface area (Å²) < 4.78 is 23.4. The Bertz CT molecular complexity index is 692. The largest absolute Gasteiger partial charge is 0.506 e. The molecule has 104 valence electrons. The number of furan rings is 1. The second-order valence-electron chi connectivity index (χ2n) is 3.75. The highest BCUT2D eigenvalue weighted by molar-refractivity contribution is 9.10. The van der Waals surface area contributed by atoms with Crippen LogP contribution in [0.5, 0.6) is 5.75 Å². The van der Waals surface area contributed by atoms with Crippen molar-refractivity contribution in [1.82, 2.24) is 0 Å². The summed E-state index contributed by atoms with van der Waals surface area (Å²) in [4.78, 5) is 22.1. The number of phenolic OH excluding ortho intramolecular Hbond substituents is 1. The Kier molecular flexibility index (Phi) is 3.89. The van der Waals surface area contributed by atoms with E-state index < -0.39 is 23.1 Å². The Hall–Kier alpha value is -2.15. The third-order valence-corrected chi connectivity index (χ3v) is 3.17. The fourth-order valence-corrected chi connectivity index (χ4v) is 2.08. The van der Waals surface area contributed by atoms with Crippen LogP contribution in [0.1, 0.15) is 20.9 Å². The number of aldehydes is 1. The molecule has 0 spiro atoms. The molecule has 0 saturated heterocycles. The highest BCUT2D eigenvalue weighted by Crippen LogP contribution is 2.38. The summed E-state index contributed by atoms with van der Waals surface area (Å²) in [5, 5.41) is 10.0. The molecule has 0 fully saturated rings. The normalized spacial score (nSPS) is 10.3. The van der Waals surface area contributed by atoms with Crippen molar-refractivity contribution in [3.63, 3.8) is 0 Å². The van der Waals surface area contributed by atoms with Gasteiger partial charge < -0.3 is 14.3 Å². The number of aromatic hydroxyl groups is 1. The molecule has 1 heterocycles. The van der Waals surface area contributed by atoms with Gasteiger partial charge in [0.15, 0.2) is 17.9 Å². The van der Waals surface area contributed by atoms with E-state index in [0.717, 1.165) is 7.11 Å². The van der Waals surface area contributed by atoms with Gasteiger partial charge in [0, 0.05) is 0 Å². The van der Waals surface area contributed by atoms with Crippen molar-refractivity contribution in [2.75, 3.05) is 7.11 Å². The number of rotatable bonds is 3. The molecule has 0 bridgehead atoms. The molecule has 7 heteroatoms. The topological polar surface area (TPSA) is 76.7 Å². The molecule has 1 aromatic heterocycles. The molecular formula is C13H8BrFO5. The van der Waals surface area contributed by atoms with Crippen LogP contribution in [-0.4, -0.2) is 24.5 Å². The number of esters is 1. The van der Waals surface area contributed by atoms with Gasteiger partial charge in [-0.15, -0.1) is 0 Å². The number of halogens is 2. The standard InChI is InChI=1S/C13H8BrFO5/c1-19-13(18)10-11(15)8(14)4-7(12(10)17)9-3-2-6(5-16)20-9/h2-5,17H,1H3. The van der Waals surface area contributed by atoms with E-state index in [0.29, 0.717) is 6.29 Å². The van der Waals surface area contributed by atoms with E-state index in [-0.39, 0.29) is 21.6 Å². The number of carbonyl (C=O) groups excluding carboxylic acids is 2. The summed E-state index contributed by atoms with van der Waals surface area (Å²) in [6, 6.07) is 4.05. The summed E-state index contributed by atoms with van der Waals surface area (Å²) >= 11 is 2.94. The van der Waals surface area contributed by atoms with Crippen LogP contribution >= 0.6 is 15.9 Å². The van der Waals surface area contributed by atoms with Crippen molar-refractivity contribution in [3.8, 4) is 17.1 Å². The Balaban J connectivity index is 2.68. The lowest BCUT2D eigenvalue weighted by Gasteiger charge is -2.09. The first kappa shape index (κ1) is 14.3. The van der Waals surface area contributed by atoms with Crippen molar-refractivity contribution in [2.45, 2.75) is 0 Å². The summed E-state index contributed by atoms with van der Waals surface area (Å²) in [6.07, 6.45) is 0.486. The zero-order chi connectivity index (χ0) is 14.9. The van der Waals surface area contributed by atoms with Crippen molar-refractivity contribution < 1.29 is 28.2 Å². The van der Waals surface area contributed by atoms with Gasteiger partial charge in [0.1, 0.15) is 17.1 Å². The molecule has 0 atom stereocenters. The maximum absolute atomic E-state index is 13.9. The van der Waals surface area contributed by atoms with Gasteiger partial charge in [-0.3, -0.25) is 4.79 Å². The number of hydrogen-bond acceptors (Lipinski definition) is 5. The van der Waals surface area contributed by atoms with E-state index in [1.807, 2.05) is 0 Å². The van der Waals surface area contributed by atoms with E-state index in [4.69, 9.17) is 4.42 Å². The molecule has 2 rings (SSSR count). The van der Waals surface area contributed by atoms with Crippen molar-refractivity contribution in [1.29, 1.82) is 0 Å². The lowest BCUT2D eigenvalue weighted by Crippen LogP contribution is -2.06. The second-order valence-corrected chi connectivity index (χ2v) is 4.61. The lowest BCUT2D eigenvalue weighted by molar-refractivity contribution is 0.0591. The van der Waals surface area contributed by atoms with Crippen molar-refractivity contribution in [3.05, 3.63) is 39.8 Å². The Morgan fingerprint density at radius 1 is 1.50 bits per heavy atom. The number of methoxy groups -OCH3 is 1. The predicted octanol–water partition coefficient (Wildman–Crippen LogP) is 3.15. The van der Waals surface area contributed by atoms with Gasteiger partial charge in [-0.05, 0) is 34.1 Å². The quantitative estimate of drug-likeness (QED) is 0.684. The van der Waals surface area contributed by atoms with E-state index >= 15 is 0 Å². The predicted molar refractivity (Wildman–Crippen MR) is 70.2 cm³/mol.